The molecule has 1 unspecified atom stereocenters. The minimum Gasteiger partial charge on any atom is -0.444 e. The lowest BCUT2D eigenvalue weighted by Gasteiger charge is -2.24. The fraction of sp³-hybridized carbons (Fsp3) is 0.562. The van der Waals surface area contributed by atoms with Crippen molar-refractivity contribution in [2.24, 2.45) is 5.92 Å². The van der Waals surface area contributed by atoms with E-state index in [1.165, 1.54) is 12.1 Å². The molecule has 0 saturated heterocycles. The van der Waals surface area contributed by atoms with E-state index in [9.17, 15) is 13.2 Å². The van der Waals surface area contributed by atoms with Gasteiger partial charge in [0.15, 0.2) is 9.84 Å². The minimum absolute atomic E-state index is 0.110. The number of alkyl carbamates (subject to hydrolysis) is 1. The van der Waals surface area contributed by atoms with E-state index in [0.29, 0.717) is 6.42 Å². The summed E-state index contributed by atoms with van der Waals surface area (Å²) in [6.07, 6.45) is -0.408. The molecule has 22 heavy (non-hydrogen) atoms. The average Bonchev–Trinajstić information content (AvgIpc) is 2.36. The van der Waals surface area contributed by atoms with Gasteiger partial charge in [-0.15, -0.1) is 0 Å². The van der Waals surface area contributed by atoms with Crippen LogP contribution in [-0.2, 0) is 14.6 Å². The number of nitrogens with one attached hydrogen (secondary N) is 1. The Labute approximate surface area is 133 Å². The second-order valence-electron chi connectivity index (χ2n) is 6.62. The third-order valence-electron chi connectivity index (χ3n) is 2.81. The Hall–Kier alpha value is -1.56. The van der Waals surface area contributed by atoms with E-state index in [1.807, 2.05) is 13.8 Å². The van der Waals surface area contributed by atoms with Gasteiger partial charge in [-0.3, -0.25) is 0 Å². The molecule has 1 N–H and O–H groups in total. The van der Waals surface area contributed by atoms with Crippen molar-refractivity contribution < 1.29 is 17.9 Å². The fourth-order valence-corrected chi connectivity index (χ4v) is 3.66. The summed E-state index contributed by atoms with van der Waals surface area (Å²) in [6, 6.07) is 8.12. The van der Waals surface area contributed by atoms with Crippen LogP contribution in [0.5, 0.6) is 0 Å². The van der Waals surface area contributed by atoms with Gasteiger partial charge in [0.1, 0.15) is 11.0 Å². The molecule has 0 fully saturated rings. The summed E-state index contributed by atoms with van der Waals surface area (Å²) >= 11 is 0. The molecule has 0 aliphatic carbocycles. The van der Waals surface area contributed by atoms with Gasteiger partial charge in [0.2, 0.25) is 0 Å². The van der Waals surface area contributed by atoms with Crippen LogP contribution in [0, 0.1) is 5.92 Å². The highest BCUT2D eigenvalue weighted by molar-refractivity contribution is 7.92. The van der Waals surface area contributed by atoms with Crippen molar-refractivity contribution >= 4 is 15.9 Å². The molecule has 0 aliphatic heterocycles. The topological polar surface area (TPSA) is 72.5 Å². The van der Waals surface area contributed by atoms with Crippen LogP contribution in [0.3, 0.4) is 0 Å². The zero-order chi connectivity index (χ0) is 17.0. The first-order valence-electron chi connectivity index (χ1n) is 7.31. The van der Waals surface area contributed by atoms with Crippen molar-refractivity contribution in [2.75, 3.05) is 0 Å². The van der Waals surface area contributed by atoms with Crippen LogP contribution in [0.25, 0.3) is 0 Å². The number of benzene rings is 1. The van der Waals surface area contributed by atoms with Gasteiger partial charge in [-0.1, -0.05) is 32.0 Å². The van der Waals surface area contributed by atoms with Crippen LogP contribution in [0.1, 0.15) is 41.0 Å². The minimum atomic E-state index is -3.66. The predicted molar refractivity (Wildman–Crippen MR) is 86.2 cm³/mol. The summed E-state index contributed by atoms with van der Waals surface area (Å²) in [5.74, 6) is 0.110. The van der Waals surface area contributed by atoms with Crippen molar-refractivity contribution in [1.82, 2.24) is 5.32 Å². The number of rotatable bonds is 5. The van der Waals surface area contributed by atoms with Crippen molar-refractivity contribution in [1.29, 1.82) is 0 Å². The van der Waals surface area contributed by atoms with E-state index in [4.69, 9.17) is 4.74 Å². The molecule has 0 saturated carbocycles. The number of hydrogen-bond acceptors (Lipinski definition) is 4. The molecule has 0 aliphatic rings. The standard InChI is InChI=1S/C16H25NO4S/c1-12(2)11-14(17-15(18)21-16(3,4)5)22(19,20)13-9-7-6-8-10-13/h6-10,12,14H,11H2,1-5H3,(H,17,18). The Morgan fingerprint density at radius 2 is 1.73 bits per heavy atom. The molecule has 0 bridgehead atoms. The van der Waals surface area contributed by atoms with Crippen molar-refractivity contribution in [2.45, 2.75) is 56.9 Å². The molecule has 124 valence electrons. The van der Waals surface area contributed by atoms with E-state index in [0.717, 1.165) is 0 Å². The molecular formula is C16H25NO4S. The van der Waals surface area contributed by atoms with E-state index in [-0.39, 0.29) is 10.8 Å². The molecule has 0 spiro atoms. The SMILES string of the molecule is CC(C)CC(NC(=O)OC(C)(C)C)S(=O)(=O)c1ccccc1. The maximum atomic E-state index is 12.7. The van der Waals surface area contributed by atoms with E-state index >= 15 is 0 Å². The zero-order valence-electron chi connectivity index (χ0n) is 13.8. The van der Waals surface area contributed by atoms with Gasteiger partial charge < -0.3 is 10.1 Å². The number of sulfone groups is 1. The van der Waals surface area contributed by atoms with Gasteiger partial charge in [-0.25, -0.2) is 13.2 Å². The first-order valence-corrected chi connectivity index (χ1v) is 8.85. The van der Waals surface area contributed by atoms with Crippen molar-refractivity contribution in [3.05, 3.63) is 30.3 Å². The highest BCUT2D eigenvalue weighted by Crippen LogP contribution is 2.20. The number of amides is 1. The second kappa shape index (κ2) is 7.13. The van der Waals surface area contributed by atoms with Crippen LogP contribution in [0.15, 0.2) is 35.2 Å². The number of ether oxygens (including phenoxy) is 1. The Balaban J connectivity index is 3.01. The Bertz CT molecular complexity index is 588. The lowest BCUT2D eigenvalue weighted by Crippen LogP contribution is -2.44. The predicted octanol–water partition coefficient (Wildman–Crippen LogP) is 3.36. The molecule has 0 radical (unpaired) electrons. The van der Waals surface area contributed by atoms with Gasteiger partial charge in [0, 0.05) is 0 Å². The quantitative estimate of drug-likeness (QED) is 0.900. The highest BCUT2D eigenvalue weighted by Gasteiger charge is 2.31. The lowest BCUT2D eigenvalue weighted by molar-refractivity contribution is 0.0516. The molecule has 1 atom stereocenters. The summed E-state index contributed by atoms with van der Waals surface area (Å²) in [4.78, 5) is 12.1. The van der Waals surface area contributed by atoms with Gasteiger partial charge in [-0.2, -0.15) is 0 Å². The summed E-state index contributed by atoms with van der Waals surface area (Å²) in [6.45, 7) is 9.01. The zero-order valence-corrected chi connectivity index (χ0v) is 14.6. The number of hydrogen-bond donors (Lipinski definition) is 1. The van der Waals surface area contributed by atoms with Crippen LogP contribution in [0.4, 0.5) is 4.79 Å². The third-order valence-corrected chi connectivity index (χ3v) is 4.80. The van der Waals surface area contributed by atoms with Crippen LogP contribution in [0.2, 0.25) is 0 Å². The summed E-state index contributed by atoms with van der Waals surface area (Å²) < 4.78 is 30.6. The molecule has 0 heterocycles. The highest BCUT2D eigenvalue weighted by atomic mass is 32.2. The van der Waals surface area contributed by atoms with Gasteiger partial charge in [-0.05, 0) is 45.2 Å². The maximum absolute atomic E-state index is 12.7. The lowest BCUT2D eigenvalue weighted by atomic mass is 10.1. The fourth-order valence-electron chi connectivity index (χ4n) is 1.90. The van der Waals surface area contributed by atoms with Crippen molar-refractivity contribution in [3.63, 3.8) is 0 Å². The molecule has 5 nitrogen and oxygen atoms in total. The molecule has 1 amide bonds. The summed E-state index contributed by atoms with van der Waals surface area (Å²) in [5.41, 5.74) is -0.678. The average molecular weight is 327 g/mol. The Morgan fingerprint density at radius 3 is 2.18 bits per heavy atom. The normalized spacial score (nSPS) is 13.7. The van der Waals surface area contributed by atoms with Crippen LogP contribution in [-0.4, -0.2) is 25.5 Å². The Morgan fingerprint density at radius 1 is 1.18 bits per heavy atom. The molecule has 1 aromatic carbocycles. The summed E-state index contributed by atoms with van der Waals surface area (Å²) in [7, 11) is -3.66. The maximum Gasteiger partial charge on any atom is 0.408 e. The van der Waals surface area contributed by atoms with Gasteiger partial charge in [0.25, 0.3) is 0 Å². The van der Waals surface area contributed by atoms with E-state index < -0.39 is 26.9 Å². The molecule has 6 heteroatoms. The van der Waals surface area contributed by atoms with Gasteiger partial charge >= 0.3 is 6.09 Å². The first-order chi connectivity index (χ1) is 10.0. The van der Waals surface area contributed by atoms with Gasteiger partial charge in [0.05, 0.1) is 4.90 Å². The first kappa shape index (κ1) is 18.5. The third kappa shape index (κ3) is 5.67. The molecular weight excluding hydrogens is 302 g/mol. The molecule has 0 aromatic heterocycles. The Kier molecular flexibility index (Phi) is 6.00. The van der Waals surface area contributed by atoms with Crippen molar-refractivity contribution in [3.8, 4) is 0 Å². The number of carbonyl (C=O) groups excluding carboxylic acids is 1. The molecule has 1 aromatic rings. The second-order valence-corrected chi connectivity index (χ2v) is 8.75. The smallest absolute Gasteiger partial charge is 0.408 e. The van der Waals surface area contributed by atoms with E-state index in [2.05, 4.69) is 5.32 Å². The largest absolute Gasteiger partial charge is 0.444 e. The van der Waals surface area contributed by atoms with E-state index in [1.54, 1.807) is 39.0 Å². The van der Waals surface area contributed by atoms with Crippen LogP contribution < -0.4 is 5.32 Å². The summed E-state index contributed by atoms with van der Waals surface area (Å²) in [5, 5.41) is 1.49. The monoisotopic (exact) mass is 327 g/mol. The van der Waals surface area contributed by atoms with Crippen LogP contribution >= 0.6 is 0 Å². The molecule has 1 rings (SSSR count). The number of carbonyl (C=O) groups is 1.